The Bertz CT molecular complexity index is 257. The van der Waals surface area contributed by atoms with E-state index in [2.05, 4.69) is 10.3 Å². The van der Waals surface area contributed by atoms with Gasteiger partial charge in [0, 0.05) is 32.4 Å². The molecule has 1 aromatic heterocycles. The van der Waals surface area contributed by atoms with Crippen molar-refractivity contribution in [1.82, 2.24) is 14.9 Å². The second kappa shape index (κ2) is 4.61. The third-order valence-corrected chi connectivity index (χ3v) is 1.68. The maximum absolute atomic E-state index is 10.7. The SMILES string of the molecule is CC(=O)NC(CN)Cn1ccnc1. The van der Waals surface area contributed by atoms with Gasteiger partial charge in [-0.15, -0.1) is 0 Å². The van der Waals surface area contributed by atoms with Gasteiger partial charge in [0.1, 0.15) is 0 Å². The third-order valence-electron chi connectivity index (χ3n) is 1.68. The van der Waals surface area contributed by atoms with Crippen molar-refractivity contribution in [3.63, 3.8) is 0 Å². The first-order chi connectivity index (χ1) is 6.22. The van der Waals surface area contributed by atoms with E-state index in [1.165, 1.54) is 6.92 Å². The number of nitrogens with two attached hydrogens (primary N) is 1. The highest BCUT2D eigenvalue weighted by atomic mass is 16.1. The van der Waals surface area contributed by atoms with Crippen LogP contribution in [-0.2, 0) is 11.3 Å². The van der Waals surface area contributed by atoms with Crippen LogP contribution in [0.5, 0.6) is 0 Å². The summed E-state index contributed by atoms with van der Waals surface area (Å²) in [5.41, 5.74) is 5.49. The molecule has 0 saturated carbocycles. The average Bonchev–Trinajstić information content (AvgIpc) is 2.55. The highest BCUT2D eigenvalue weighted by molar-refractivity contribution is 5.73. The normalized spacial score (nSPS) is 12.5. The van der Waals surface area contributed by atoms with Crippen LogP contribution in [0.3, 0.4) is 0 Å². The molecule has 0 radical (unpaired) electrons. The molecule has 1 heterocycles. The number of carbonyl (C=O) groups excluding carboxylic acids is 1. The van der Waals surface area contributed by atoms with Gasteiger partial charge in [0.05, 0.1) is 12.4 Å². The molecule has 0 aliphatic carbocycles. The maximum Gasteiger partial charge on any atom is 0.217 e. The molecule has 1 rings (SSSR count). The Morgan fingerprint density at radius 2 is 2.54 bits per heavy atom. The predicted molar refractivity (Wildman–Crippen MR) is 48.9 cm³/mol. The van der Waals surface area contributed by atoms with Gasteiger partial charge in [-0.2, -0.15) is 0 Å². The van der Waals surface area contributed by atoms with Gasteiger partial charge in [0.2, 0.25) is 5.91 Å². The maximum atomic E-state index is 10.7. The Kier molecular flexibility index (Phi) is 3.45. The minimum Gasteiger partial charge on any atom is -0.351 e. The van der Waals surface area contributed by atoms with Crippen molar-refractivity contribution in [2.45, 2.75) is 19.5 Å². The number of hydrogen-bond donors (Lipinski definition) is 2. The van der Waals surface area contributed by atoms with Crippen LogP contribution in [0.25, 0.3) is 0 Å². The van der Waals surface area contributed by atoms with Gasteiger partial charge >= 0.3 is 0 Å². The number of hydrogen-bond acceptors (Lipinski definition) is 3. The van der Waals surface area contributed by atoms with Crippen LogP contribution in [0, 0.1) is 0 Å². The highest BCUT2D eigenvalue weighted by Crippen LogP contribution is 1.90. The quantitative estimate of drug-likeness (QED) is 0.649. The number of carbonyl (C=O) groups is 1. The van der Waals surface area contributed by atoms with Gasteiger partial charge in [0.15, 0.2) is 0 Å². The zero-order valence-electron chi connectivity index (χ0n) is 7.60. The highest BCUT2D eigenvalue weighted by Gasteiger charge is 2.07. The van der Waals surface area contributed by atoms with E-state index in [1.54, 1.807) is 12.5 Å². The molecule has 0 aliphatic rings. The molecule has 1 unspecified atom stereocenters. The van der Waals surface area contributed by atoms with Crippen LogP contribution in [0.2, 0.25) is 0 Å². The Labute approximate surface area is 76.9 Å². The topological polar surface area (TPSA) is 72.9 Å². The van der Waals surface area contributed by atoms with Gasteiger partial charge in [-0.25, -0.2) is 4.98 Å². The first-order valence-electron chi connectivity index (χ1n) is 4.15. The molecule has 0 aliphatic heterocycles. The summed E-state index contributed by atoms with van der Waals surface area (Å²) >= 11 is 0. The predicted octanol–water partition coefficient (Wildman–Crippen LogP) is -0.653. The van der Waals surface area contributed by atoms with Crippen LogP contribution in [0.1, 0.15) is 6.92 Å². The largest absolute Gasteiger partial charge is 0.351 e. The first-order valence-corrected chi connectivity index (χ1v) is 4.15. The first kappa shape index (κ1) is 9.73. The van der Waals surface area contributed by atoms with Gasteiger partial charge in [-0.3, -0.25) is 4.79 Å². The van der Waals surface area contributed by atoms with Gasteiger partial charge in [-0.05, 0) is 0 Å². The van der Waals surface area contributed by atoms with Crippen molar-refractivity contribution in [2.24, 2.45) is 5.73 Å². The number of nitrogens with zero attached hydrogens (tertiary/aromatic N) is 2. The second-order valence-corrected chi connectivity index (χ2v) is 2.89. The summed E-state index contributed by atoms with van der Waals surface area (Å²) in [6, 6.07) is -0.0216. The van der Waals surface area contributed by atoms with Crippen molar-refractivity contribution in [3.05, 3.63) is 18.7 Å². The number of amides is 1. The molecule has 13 heavy (non-hydrogen) atoms. The van der Waals surface area contributed by atoms with E-state index in [-0.39, 0.29) is 11.9 Å². The lowest BCUT2D eigenvalue weighted by molar-refractivity contribution is -0.119. The molecule has 0 aromatic carbocycles. The smallest absolute Gasteiger partial charge is 0.217 e. The molecule has 0 bridgehead atoms. The van der Waals surface area contributed by atoms with E-state index < -0.39 is 0 Å². The Morgan fingerprint density at radius 1 is 1.77 bits per heavy atom. The fraction of sp³-hybridized carbons (Fsp3) is 0.500. The Morgan fingerprint density at radius 3 is 3.00 bits per heavy atom. The van der Waals surface area contributed by atoms with E-state index in [1.807, 2.05) is 10.8 Å². The Balaban J connectivity index is 2.45. The van der Waals surface area contributed by atoms with Crippen LogP contribution >= 0.6 is 0 Å². The summed E-state index contributed by atoms with van der Waals surface area (Å²) in [5, 5.41) is 2.76. The third kappa shape index (κ3) is 3.25. The summed E-state index contributed by atoms with van der Waals surface area (Å²) in [4.78, 5) is 14.6. The molecule has 3 N–H and O–H groups in total. The molecule has 5 heteroatoms. The minimum atomic E-state index is -0.0597. The molecule has 0 saturated heterocycles. The van der Waals surface area contributed by atoms with Crippen LogP contribution < -0.4 is 11.1 Å². The lowest BCUT2D eigenvalue weighted by Crippen LogP contribution is -2.41. The van der Waals surface area contributed by atoms with E-state index in [0.29, 0.717) is 13.1 Å². The number of aromatic nitrogens is 2. The van der Waals surface area contributed by atoms with Crippen LogP contribution in [-0.4, -0.2) is 28.0 Å². The molecule has 1 atom stereocenters. The van der Waals surface area contributed by atoms with E-state index in [9.17, 15) is 4.79 Å². The summed E-state index contributed by atoms with van der Waals surface area (Å²) in [6.07, 6.45) is 5.23. The average molecular weight is 182 g/mol. The number of nitrogens with one attached hydrogen (secondary N) is 1. The minimum absolute atomic E-state index is 0.0216. The number of rotatable bonds is 4. The van der Waals surface area contributed by atoms with Crippen molar-refractivity contribution in [1.29, 1.82) is 0 Å². The van der Waals surface area contributed by atoms with Crippen molar-refractivity contribution in [3.8, 4) is 0 Å². The van der Waals surface area contributed by atoms with Gasteiger partial charge < -0.3 is 15.6 Å². The summed E-state index contributed by atoms with van der Waals surface area (Å²) in [7, 11) is 0. The standard InChI is InChI=1S/C8H14N4O/c1-7(13)11-8(4-9)5-12-3-2-10-6-12/h2-3,6,8H,4-5,9H2,1H3,(H,11,13). The lowest BCUT2D eigenvalue weighted by Gasteiger charge is -2.15. The van der Waals surface area contributed by atoms with Crippen LogP contribution in [0.15, 0.2) is 18.7 Å². The molecule has 72 valence electrons. The molecule has 0 fully saturated rings. The monoisotopic (exact) mass is 182 g/mol. The van der Waals surface area contributed by atoms with E-state index in [4.69, 9.17) is 5.73 Å². The van der Waals surface area contributed by atoms with E-state index >= 15 is 0 Å². The molecule has 1 aromatic rings. The molecule has 0 spiro atoms. The molecule has 5 nitrogen and oxygen atoms in total. The molecular formula is C8H14N4O. The fourth-order valence-corrected chi connectivity index (χ4v) is 1.12. The second-order valence-electron chi connectivity index (χ2n) is 2.89. The van der Waals surface area contributed by atoms with Gasteiger partial charge in [-0.1, -0.05) is 0 Å². The van der Waals surface area contributed by atoms with Crippen LogP contribution in [0.4, 0.5) is 0 Å². The Hall–Kier alpha value is -1.36. The fourth-order valence-electron chi connectivity index (χ4n) is 1.12. The van der Waals surface area contributed by atoms with Gasteiger partial charge in [0.25, 0.3) is 0 Å². The summed E-state index contributed by atoms with van der Waals surface area (Å²) < 4.78 is 1.88. The van der Waals surface area contributed by atoms with E-state index in [0.717, 1.165) is 0 Å². The van der Waals surface area contributed by atoms with Crippen molar-refractivity contribution < 1.29 is 4.79 Å². The zero-order chi connectivity index (χ0) is 9.68. The van der Waals surface area contributed by atoms with Crippen molar-refractivity contribution >= 4 is 5.91 Å². The molecular weight excluding hydrogens is 168 g/mol. The van der Waals surface area contributed by atoms with Crippen molar-refractivity contribution in [2.75, 3.05) is 6.54 Å². The molecule has 1 amide bonds. The summed E-state index contributed by atoms with van der Waals surface area (Å²) in [6.45, 7) is 2.57. The summed E-state index contributed by atoms with van der Waals surface area (Å²) in [5.74, 6) is -0.0597. The zero-order valence-corrected chi connectivity index (χ0v) is 7.60. The number of imidazole rings is 1. The lowest BCUT2D eigenvalue weighted by atomic mass is 10.3.